The van der Waals surface area contributed by atoms with Crippen molar-refractivity contribution in [3.05, 3.63) is 64.7 Å². The van der Waals surface area contributed by atoms with Crippen LogP contribution in [0.1, 0.15) is 22.3 Å². The molecule has 0 saturated carbocycles. The van der Waals surface area contributed by atoms with Crippen molar-refractivity contribution >= 4 is 33.1 Å². The van der Waals surface area contributed by atoms with E-state index in [0.29, 0.717) is 22.7 Å². The number of carbonyl (C=O) groups excluding carboxylic acids is 1. The van der Waals surface area contributed by atoms with E-state index in [1.54, 1.807) is 12.1 Å². The minimum Gasteiger partial charge on any atom is -0.294 e. The molecule has 4 nitrogen and oxygen atoms in total. The highest BCUT2D eigenvalue weighted by Crippen LogP contribution is 2.31. The Labute approximate surface area is 140 Å². The van der Waals surface area contributed by atoms with Crippen LogP contribution in [0.5, 0.6) is 0 Å². The second-order valence-electron chi connectivity index (χ2n) is 5.46. The van der Waals surface area contributed by atoms with Gasteiger partial charge in [-0.05, 0) is 30.2 Å². The molecule has 2 aromatic carbocycles. The van der Waals surface area contributed by atoms with Crippen LogP contribution >= 0.6 is 11.6 Å². The first-order chi connectivity index (χ1) is 11.0. The Hall–Kier alpha value is -1.85. The number of hydrogen-bond acceptors (Lipinski definition) is 3. The zero-order valence-electron chi connectivity index (χ0n) is 12.4. The van der Waals surface area contributed by atoms with E-state index in [4.69, 9.17) is 11.6 Å². The number of nitrogens with zero attached hydrogens (tertiary/aromatic N) is 1. The maximum absolute atomic E-state index is 12.7. The van der Waals surface area contributed by atoms with Crippen molar-refractivity contribution in [1.29, 1.82) is 0 Å². The molecule has 0 saturated heterocycles. The van der Waals surface area contributed by atoms with Crippen molar-refractivity contribution in [2.24, 2.45) is 0 Å². The van der Waals surface area contributed by atoms with Gasteiger partial charge in [0, 0.05) is 23.6 Å². The number of fused-ring (bicyclic) bond motifs is 1. The number of sulfonamides is 1. The fourth-order valence-corrected chi connectivity index (χ4v) is 4.41. The molecule has 0 amide bonds. The summed E-state index contributed by atoms with van der Waals surface area (Å²) in [6, 6.07) is 14.2. The van der Waals surface area contributed by atoms with Gasteiger partial charge in [0.2, 0.25) is 10.0 Å². The summed E-state index contributed by atoms with van der Waals surface area (Å²) in [4.78, 5) is 12.0. The van der Waals surface area contributed by atoms with E-state index in [1.807, 2.05) is 30.3 Å². The van der Waals surface area contributed by atoms with Gasteiger partial charge in [-0.1, -0.05) is 41.9 Å². The third kappa shape index (κ3) is 3.41. The molecule has 0 fully saturated rings. The molecule has 0 spiro atoms. The van der Waals surface area contributed by atoms with Crippen molar-refractivity contribution in [3.63, 3.8) is 0 Å². The summed E-state index contributed by atoms with van der Waals surface area (Å²) in [6.45, 7) is 0.185. The highest BCUT2D eigenvalue weighted by molar-refractivity contribution is 7.92. The van der Waals surface area contributed by atoms with E-state index in [1.165, 1.54) is 10.4 Å². The molecule has 1 heterocycles. The number of aryl methyl sites for hydroxylation is 1. The molecule has 0 aliphatic carbocycles. The summed E-state index contributed by atoms with van der Waals surface area (Å²) in [5.74, 6) is -0.0650. The molecule has 0 bridgehead atoms. The van der Waals surface area contributed by atoms with Crippen LogP contribution in [0.2, 0.25) is 5.02 Å². The normalized spacial score (nSPS) is 14.7. The number of carbonyl (C=O) groups is 1. The van der Waals surface area contributed by atoms with Crippen LogP contribution in [0.15, 0.2) is 48.5 Å². The van der Waals surface area contributed by atoms with Crippen molar-refractivity contribution in [2.45, 2.75) is 12.8 Å². The van der Waals surface area contributed by atoms with E-state index < -0.39 is 10.0 Å². The minimum atomic E-state index is -3.49. The van der Waals surface area contributed by atoms with E-state index in [9.17, 15) is 13.2 Å². The van der Waals surface area contributed by atoms with Crippen LogP contribution in [0.4, 0.5) is 5.69 Å². The van der Waals surface area contributed by atoms with Crippen molar-refractivity contribution < 1.29 is 13.2 Å². The molecule has 23 heavy (non-hydrogen) atoms. The molecule has 0 atom stereocenters. The van der Waals surface area contributed by atoms with Gasteiger partial charge >= 0.3 is 0 Å². The first-order valence-corrected chi connectivity index (χ1v) is 9.33. The average molecular weight is 350 g/mol. The van der Waals surface area contributed by atoms with Crippen molar-refractivity contribution in [1.82, 2.24) is 0 Å². The third-order valence-electron chi connectivity index (χ3n) is 3.90. The zero-order valence-corrected chi connectivity index (χ0v) is 14.0. The van der Waals surface area contributed by atoms with E-state index in [0.717, 1.165) is 5.56 Å². The number of anilines is 1. The Morgan fingerprint density at radius 2 is 1.83 bits per heavy atom. The van der Waals surface area contributed by atoms with E-state index in [-0.39, 0.29) is 24.5 Å². The smallest absolute Gasteiger partial charge is 0.235 e. The highest BCUT2D eigenvalue weighted by atomic mass is 35.5. The molecule has 0 radical (unpaired) electrons. The summed E-state index contributed by atoms with van der Waals surface area (Å²) in [6.07, 6.45) is 0.619. The van der Waals surface area contributed by atoms with Gasteiger partial charge in [-0.15, -0.1) is 0 Å². The number of ketones is 1. The Bertz CT molecular complexity index is 834. The SMILES string of the molecule is O=C1CCN(S(=O)(=O)CCc2ccccc2)c2ccc(Cl)cc21. The predicted molar refractivity (Wildman–Crippen MR) is 91.7 cm³/mol. The average Bonchev–Trinajstić information content (AvgIpc) is 2.55. The Morgan fingerprint density at radius 3 is 2.57 bits per heavy atom. The number of rotatable bonds is 4. The Balaban J connectivity index is 1.86. The van der Waals surface area contributed by atoms with Crippen LogP contribution in [0, 0.1) is 0 Å². The molecule has 6 heteroatoms. The van der Waals surface area contributed by atoms with Gasteiger partial charge in [0.25, 0.3) is 0 Å². The second-order valence-corrected chi connectivity index (χ2v) is 7.91. The Kier molecular flexibility index (Phi) is 4.41. The molecule has 1 aliphatic heterocycles. The van der Waals surface area contributed by atoms with E-state index in [2.05, 4.69) is 0 Å². The molecule has 0 unspecified atom stereocenters. The monoisotopic (exact) mass is 349 g/mol. The first-order valence-electron chi connectivity index (χ1n) is 7.34. The fourth-order valence-electron chi connectivity index (χ4n) is 2.70. The number of hydrogen-bond donors (Lipinski definition) is 0. The fraction of sp³-hybridized carbons (Fsp3) is 0.235. The zero-order chi connectivity index (χ0) is 16.4. The summed E-state index contributed by atoms with van der Waals surface area (Å²) < 4.78 is 26.7. The molecular formula is C17H16ClNO3S. The van der Waals surface area contributed by atoms with Gasteiger partial charge in [-0.2, -0.15) is 0 Å². The van der Waals surface area contributed by atoms with Gasteiger partial charge in [0.05, 0.1) is 11.4 Å². The predicted octanol–water partition coefficient (Wildman–Crippen LogP) is 3.31. The maximum Gasteiger partial charge on any atom is 0.235 e. The van der Waals surface area contributed by atoms with Gasteiger partial charge in [0.15, 0.2) is 5.78 Å². The molecule has 3 rings (SSSR count). The van der Waals surface area contributed by atoms with Crippen LogP contribution in [0.25, 0.3) is 0 Å². The topological polar surface area (TPSA) is 54.5 Å². The van der Waals surface area contributed by atoms with Crippen LogP contribution in [-0.2, 0) is 16.4 Å². The first kappa shape index (κ1) is 16.0. The van der Waals surface area contributed by atoms with Gasteiger partial charge in [0.1, 0.15) is 0 Å². The number of benzene rings is 2. The van der Waals surface area contributed by atoms with Crippen molar-refractivity contribution in [2.75, 3.05) is 16.6 Å². The minimum absolute atomic E-state index is 0.00721. The van der Waals surface area contributed by atoms with Crippen LogP contribution in [-0.4, -0.2) is 26.5 Å². The van der Waals surface area contributed by atoms with Gasteiger partial charge in [-0.3, -0.25) is 9.10 Å². The highest BCUT2D eigenvalue weighted by Gasteiger charge is 2.30. The van der Waals surface area contributed by atoms with Crippen LogP contribution in [0.3, 0.4) is 0 Å². The quantitative estimate of drug-likeness (QED) is 0.851. The molecule has 0 N–H and O–H groups in total. The largest absolute Gasteiger partial charge is 0.294 e. The summed E-state index contributed by atoms with van der Waals surface area (Å²) in [7, 11) is -3.49. The molecule has 1 aliphatic rings. The van der Waals surface area contributed by atoms with Crippen molar-refractivity contribution in [3.8, 4) is 0 Å². The molecule has 120 valence electrons. The lowest BCUT2D eigenvalue weighted by Gasteiger charge is -2.29. The lowest BCUT2D eigenvalue weighted by atomic mass is 10.0. The van der Waals surface area contributed by atoms with Gasteiger partial charge in [-0.25, -0.2) is 8.42 Å². The molecule has 0 aromatic heterocycles. The van der Waals surface area contributed by atoms with Gasteiger partial charge < -0.3 is 0 Å². The summed E-state index contributed by atoms with van der Waals surface area (Å²) in [5.41, 5.74) is 1.78. The molecule has 2 aromatic rings. The summed E-state index contributed by atoms with van der Waals surface area (Å²) in [5, 5.41) is 0.431. The standard InChI is InChI=1S/C17H16ClNO3S/c18-14-6-7-16-15(12-14)17(20)8-10-19(16)23(21,22)11-9-13-4-2-1-3-5-13/h1-7,12H,8-11H2. The number of Topliss-reactive ketones (excluding diaryl/α,β-unsaturated/α-hetero) is 1. The lowest BCUT2D eigenvalue weighted by molar-refractivity contribution is 0.0982. The van der Waals surface area contributed by atoms with Crippen LogP contribution < -0.4 is 4.31 Å². The molecular weight excluding hydrogens is 334 g/mol. The summed E-state index contributed by atoms with van der Waals surface area (Å²) >= 11 is 5.92. The third-order valence-corrected chi connectivity index (χ3v) is 5.90. The number of halogens is 1. The maximum atomic E-state index is 12.7. The Morgan fingerprint density at radius 1 is 1.09 bits per heavy atom. The second kappa shape index (κ2) is 6.34. The lowest BCUT2D eigenvalue weighted by Crippen LogP contribution is -2.39. The van der Waals surface area contributed by atoms with E-state index >= 15 is 0 Å².